The fourth-order valence-electron chi connectivity index (χ4n) is 6.97. The predicted octanol–water partition coefficient (Wildman–Crippen LogP) is 5.95. The molecule has 8 rings (SSSR count). The second kappa shape index (κ2) is 8.25. The Morgan fingerprint density at radius 3 is 1.66 bits per heavy atom. The number of amides is 3. The number of benzene rings is 4. The molecule has 4 aliphatic rings. The van der Waals surface area contributed by atoms with E-state index >= 15 is 0 Å². The van der Waals surface area contributed by atoms with Gasteiger partial charge in [-0.25, -0.2) is 4.90 Å². The molecular formula is C33H26N2O3. The Morgan fingerprint density at radius 2 is 1.16 bits per heavy atom. The average Bonchev–Trinajstić information content (AvgIpc) is 3.18. The summed E-state index contributed by atoms with van der Waals surface area (Å²) in [5.41, 5.74) is 8.22. The Kier molecular flexibility index (Phi) is 4.92. The van der Waals surface area contributed by atoms with E-state index in [1.807, 2.05) is 56.3 Å². The topological polar surface area (TPSA) is 66.5 Å². The van der Waals surface area contributed by atoms with Crippen LogP contribution >= 0.6 is 0 Å². The van der Waals surface area contributed by atoms with Gasteiger partial charge in [0.15, 0.2) is 0 Å². The van der Waals surface area contributed by atoms with Crippen LogP contribution in [0.2, 0.25) is 0 Å². The number of anilines is 2. The lowest BCUT2D eigenvalue weighted by Gasteiger charge is -2.45. The molecule has 5 heteroatoms. The Morgan fingerprint density at radius 1 is 0.658 bits per heavy atom. The van der Waals surface area contributed by atoms with Crippen molar-refractivity contribution >= 4 is 29.1 Å². The lowest BCUT2D eigenvalue weighted by atomic mass is 9.55. The third-order valence-electron chi connectivity index (χ3n) is 8.29. The molecule has 0 aromatic heterocycles. The van der Waals surface area contributed by atoms with Crippen LogP contribution in [0.1, 0.15) is 55.6 Å². The summed E-state index contributed by atoms with van der Waals surface area (Å²) >= 11 is 0. The smallest absolute Gasteiger partial charge is 0.255 e. The molecule has 1 saturated heterocycles. The van der Waals surface area contributed by atoms with Crippen LogP contribution in [0.25, 0.3) is 0 Å². The highest BCUT2D eigenvalue weighted by atomic mass is 16.2. The summed E-state index contributed by atoms with van der Waals surface area (Å²) in [6, 6.07) is 29.1. The van der Waals surface area contributed by atoms with E-state index in [-0.39, 0.29) is 29.6 Å². The van der Waals surface area contributed by atoms with E-state index in [9.17, 15) is 14.4 Å². The van der Waals surface area contributed by atoms with Crippen molar-refractivity contribution in [2.24, 2.45) is 11.8 Å². The Labute approximate surface area is 221 Å². The molecule has 2 bridgehead atoms. The molecule has 5 nitrogen and oxygen atoms in total. The number of nitrogens with one attached hydrogen (secondary N) is 1. The van der Waals surface area contributed by atoms with Crippen molar-refractivity contribution in [3.8, 4) is 0 Å². The molecule has 38 heavy (non-hydrogen) atoms. The first kappa shape index (κ1) is 22.7. The molecular weight excluding hydrogens is 472 g/mol. The highest BCUT2D eigenvalue weighted by molar-refractivity contribution is 6.23. The first-order chi connectivity index (χ1) is 18.4. The monoisotopic (exact) mass is 498 g/mol. The molecule has 4 aromatic carbocycles. The lowest BCUT2D eigenvalue weighted by Crippen LogP contribution is -2.41. The van der Waals surface area contributed by atoms with Gasteiger partial charge in [-0.15, -0.1) is 0 Å². The quantitative estimate of drug-likeness (QED) is 0.355. The highest BCUT2D eigenvalue weighted by Crippen LogP contribution is 2.61. The van der Waals surface area contributed by atoms with E-state index in [2.05, 4.69) is 29.6 Å². The number of imide groups is 1. The van der Waals surface area contributed by atoms with Gasteiger partial charge in [0.05, 0.1) is 17.5 Å². The molecule has 186 valence electrons. The van der Waals surface area contributed by atoms with Crippen LogP contribution in [0, 0.1) is 25.7 Å². The summed E-state index contributed by atoms with van der Waals surface area (Å²) in [7, 11) is 0. The average molecular weight is 499 g/mol. The molecule has 1 aliphatic heterocycles. The zero-order valence-corrected chi connectivity index (χ0v) is 21.1. The normalized spacial score (nSPS) is 22.6. The third-order valence-corrected chi connectivity index (χ3v) is 8.29. The zero-order valence-electron chi connectivity index (χ0n) is 21.1. The fraction of sp³-hybridized carbons (Fsp3) is 0.182. The zero-order chi connectivity index (χ0) is 26.1. The van der Waals surface area contributed by atoms with Gasteiger partial charge in [0.1, 0.15) is 0 Å². The largest absolute Gasteiger partial charge is 0.322 e. The maximum Gasteiger partial charge on any atom is 0.255 e. The molecule has 4 aromatic rings. The fourth-order valence-corrected chi connectivity index (χ4v) is 6.97. The van der Waals surface area contributed by atoms with Crippen LogP contribution in [-0.2, 0) is 9.59 Å². The molecule has 3 amide bonds. The number of carbonyl (C=O) groups is 3. The molecule has 1 fully saturated rings. The number of nitrogens with zero attached hydrogens (tertiary/aromatic N) is 1. The minimum atomic E-state index is -0.454. The van der Waals surface area contributed by atoms with Gasteiger partial charge in [-0.2, -0.15) is 0 Å². The number of rotatable bonds is 3. The van der Waals surface area contributed by atoms with Gasteiger partial charge < -0.3 is 5.32 Å². The van der Waals surface area contributed by atoms with Crippen LogP contribution in [-0.4, -0.2) is 17.7 Å². The predicted molar refractivity (Wildman–Crippen MR) is 146 cm³/mol. The molecule has 2 atom stereocenters. The van der Waals surface area contributed by atoms with E-state index in [0.717, 1.165) is 33.4 Å². The summed E-state index contributed by atoms with van der Waals surface area (Å²) in [6.07, 6.45) is 0. The molecule has 0 unspecified atom stereocenters. The van der Waals surface area contributed by atoms with Crippen LogP contribution in [0.3, 0.4) is 0 Å². The second-order valence-electron chi connectivity index (χ2n) is 10.7. The van der Waals surface area contributed by atoms with Crippen molar-refractivity contribution in [2.75, 3.05) is 10.2 Å². The molecule has 1 heterocycles. The Balaban J connectivity index is 1.26. The van der Waals surface area contributed by atoms with E-state index in [1.165, 1.54) is 4.90 Å². The number of hydrogen-bond donors (Lipinski definition) is 1. The van der Waals surface area contributed by atoms with Crippen LogP contribution < -0.4 is 10.2 Å². The minimum absolute atomic E-state index is 0.158. The van der Waals surface area contributed by atoms with Gasteiger partial charge in [-0.05, 0) is 77.6 Å². The molecule has 1 N–H and O–H groups in total. The molecule has 0 saturated carbocycles. The number of carbonyl (C=O) groups excluding carboxylic acids is 3. The van der Waals surface area contributed by atoms with Gasteiger partial charge >= 0.3 is 0 Å². The highest BCUT2D eigenvalue weighted by Gasteiger charge is 2.61. The van der Waals surface area contributed by atoms with Crippen LogP contribution in [0.15, 0.2) is 91.0 Å². The van der Waals surface area contributed by atoms with E-state index in [4.69, 9.17) is 0 Å². The van der Waals surface area contributed by atoms with E-state index in [0.29, 0.717) is 16.9 Å². The standard InChI is InChI=1S/C33H26N2O3/c1-18-14-19(2)16-21(15-18)34-31(36)20-8-7-9-22(17-20)35-32(37)29-27-23-10-3-4-11-24(23)28(30(29)33(35)38)26-13-6-5-12-25(26)27/h3-17,27-30H,1-2H3,(H,34,36)/t27?,28?,29-,30-/m0/s1. The first-order valence-corrected chi connectivity index (χ1v) is 13.0. The maximum absolute atomic E-state index is 14.0. The summed E-state index contributed by atoms with van der Waals surface area (Å²) in [4.78, 5) is 42.5. The van der Waals surface area contributed by atoms with Gasteiger partial charge in [0, 0.05) is 23.1 Å². The van der Waals surface area contributed by atoms with Gasteiger partial charge in [-0.3, -0.25) is 14.4 Å². The Hall–Kier alpha value is -4.51. The Bertz CT molecular complexity index is 1540. The van der Waals surface area contributed by atoms with Crippen molar-refractivity contribution in [1.29, 1.82) is 0 Å². The molecule has 3 aliphatic carbocycles. The van der Waals surface area contributed by atoms with Crippen molar-refractivity contribution < 1.29 is 14.4 Å². The van der Waals surface area contributed by atoms with Gasteiger partial charge in [0.2, 0.25) is 11.8 Å². The summed E-state index contributed by atoms with van der Waals surface area (Å²) < 4.78 is 0. The summed E-state index contributed by atoms with van der Waals surface area (Å²) in [6.45, 7) is 3.97. The van der Waals surface area contributed by atoms with Crippen LogP contribution in [0.4, 0.5) is 11.4 Å². The van der Waals surface area contributed by atoms with Crippen molar-refractivity contribution in [1.82, 2.24) is 0 Å². The SMILES string of the molecule is Cc1cc(C)cc(NC(=O)c2cccc(N3C(=O)[C@H]4C5c6ccccc6C(c6ccccc65)[C@@H]4C3=O)c2)c1. The second-order valence-corrected chi connectivity index (χ2v) is 10.7. The summed E-state index contributed by atoms with van der Waals surface area (Å²) in [5, 5.41) is 2.95. The van der Waals surface area contributed by atoms with Crippen molar-refractivity contribution in [2.45, 2.75) is 25.7 Å². The van der Waals surface area contributed by atoms with Gasteiger partial charge in [-0.1, -0.05) is 60.7 Å². The number of hydrogen-bond acceptors (Lipinski definition) is 3. The number of aryl methyl sites for hydroxylation is 2. The lowest BCUT2D eigenvalue weighted by molar-refractivity contribution is -0.122. The van der Waals surface area contributed by atoms with Crippen molar-refractivity contribution in [3.63, 3.8) is 0 Å². The maximum atomic E-state index is 14.0. The van der Waals surface area contributed by atoms with Gasteiger partial charge in [0.25, 0.3) is 5.91 Å². The van der Waals surface area contributed by atoms with E-state index in [1.54, 1.807) is 24.3 Å². The van der Waals surface area contributed by atoms with Crippen molar-refractivity contribution in [3.05, 3.63) is 130 Å². The first-order valence-electron chi connectivity index (χ1n) is 13.0. The molecule has 0 radical (unpaired) electrons. The summed E-state index contributed by atoms with van der Waals surface area (Å²) in [5.74, 6) is -1.88. The minimum Gasteiger partial charge on any atom is -0.322 e. The molecule has 0 spiro atoms. The van der Waals surface area contributed by atoms with E-state index < -0.39 is 11.8 Å². The van der Waals surface area contributed by atoms with Crippen LogP contribution in [0.5, 0.6) is 0 Å². The third kappa shape index (κ3) is 3.21.